The Kier molecular flexibility index (Phi) is 4.67. The lowest BCUT2D eigenvalue weighted by Crippen LogP contribution is -2.46. The van der Waals surface area contributed by atoms with Gasteiger partial charge >= 0.3 is 0 Å². The number of β-amino-alcohol motifs (C(OH)–C–C–N with tert-alkyl or cyclic N) is 1. The van der Waals surface area contributed by atoms with E-state index in [4.69, 9.17) is 16.0 Å². The summed E-state index contributed by atoms with van der Waals surface area (Å²) >= 11 is 5.98. The number of phenolic OH excluding ortho intramolecular Hbond substituents is 1. The second-order valence-electron chi connectivity index (χ2n) is 7.11. The molecule has 1 aromatic carbocycles. The van der Waals surface area contributed by atoms with E-state index in [0.717, 1.165) is 12.1 Å². The minimum absolute atomic E-state index is 0.0498. The number of fused-ring (bicyclic) bond motifs is 1. The Morgan fingerprint density at radius 1 is 1.26 bits per heavy atom. The average Bonchev–Trinajstić information content (AvgIpc) is 2.94. The number of aryl methyl sites for hydroxylation is 1. The van der Waals surface area contributed by atoms with Crippen LogP contribution in [0.4, 0.5) is 6.01 Å². The van der Waals surface area contributed by atoms with Crippen molar-refractivity contribution >= 4 is 28.8 Å². The van der Waals surface area contributed by atoms with E-state index in [2.05, 4.69) is 20.2 Å². The number of pyridine rings is 1. The van der Waals surface area contributed by atoms with Crippen molar-refractivity contribution < 1.29 is 14.6 Å². The number of benzene rings is 1. The van der Waals surface area contributed by atoms with Crippen LogP contribution in [0.1, 0.15) is 12.0 Å². The Hall–Kier alpha value is -2.35. The Bertz CT molecular complexity index is 957. The molecule has 27 heavy (non-hydrogen) atoms. The zero-order valence-corrected chi connectivity index (χ0v) is 15.9. The topological polar surface area (TPSA) is 94.7 Å². The highest BCUT2D eigenvalue weighted by atomic mass is 35.5. The third-order valence-electron chi connectivity index (χ3n) is 4.73. The standard InChI is InChI=1S/C19H21ClN4O3/c1-10-5-11(20)6-15(26)17(10)14-3-4-16-18(22-14)23-19(27-16)21-12-7-13(25)9-24(2)8-12/h3-6,12-13,25-26H,7-9H2,1-2H3,(H,21,22,23)/t12-,13+/m1/s1. The second kappa shape index (κ2) is 6.99. The molecule has 8 heteroatoms. The Balaban J connectivity index is 1.63. The first-order chi connectivity index (χ1) is 12.9. The van der Waals surface area contributed by atoms with Gasteiger partial charge in [0.15, 0.2) is 5.58 Å². The normalized spacial score (nSPS) is 20.9. The summed E-state index contributed by atoms with van der Waals surface area (Å²) in [6, 6.07) is 7.27. The van der Waals surface area contributed by atoms with E-state index in [0.29, 0.717) is 46.5 Å². The van der Waals surface area contributed by atoms with Gasteiger partial charge in [0.05, 0.1) is 11.8 Å². The summed E-state index contributed by atoms with van der Waals surface area (Å²) in [4.78, 5) is 11.0. The van der Waals surface area contributed by atoms with Gasteiger partial charge in [0, 0.05) is 29.7 Å². The number of likely N-dealkylation sites (N-methyl/N-ethyl adjacent to an activating group) is 1. The minimum atomic E-state index is -0.369. The number of nitrogens with zero attached hydrogens (tertiary/aromatic N) is 3. The molecule has 0 radical (unpaired) electrons. The van der Waals surface area contributed by atoms with Crippen molar-refractivity contribution in [1.82, 2.24) is 14.9 Å². The Morgan fingerprint density at radius 2 is 2.07 bits per heavy atom. The van der Waals surface area contributed by atoms with Gasteiger partial charge in [-0.3, -0.25) is 0 Å². The van der Waals surface area contributed by atoms with Gasteiger partial charge in [0.1, 0.15) is 5.75 Å². The smallest absolute Gasteiger partial charge is 0.297 e. The van der Waals surface area contributed by atoms with Crippen LogP contribution in [0.3, 0.4) is 0 Å². The molecule has 0 bridgehead atoms. The average molecular weight is 389 g/mol. The van der Waals surface area contributed by atoms with Crippen molar-refractivity contribution in [2.75, 3.05) is 25.5 Å². The third kappa shape index (κ3) is 3.71. The molecule has 1 aliphatic rings. The van der Waals surface area contributed by atoms with Crippen molar-refractivity contribution in [2.45, 2.75) is 25.5 Å². The van der Waals surface area contributed by atoms with Crippen LogP contribution in [0.5, 0.6) is 5.75 Å². The second-order valence-corrected chi connectivity index (χ2v) is 7.54. The number of aliphatic hydroxyl groups excluding tert-OH is 1. The molecule has 3 aromatic rings. The van der Waals surface area contributed by atoms with E-state index in [1.165, 1.54) is 6.07 Å². The molecule has 3 N–H and O–H groups in total. The maximum Gasteiger partial charge on any atom is 0.297 e. The van der Waals surface area contributed by atoms with Crippen molar-refractivity contribution in [2.24, 2.45) is 0 Å². The van der Waals surface area contributed by atoms with E-state index < -0.39 is 0 Å². The highest BCUT2D eigenvalue weighted by Gasteiger charge is 2.25. The van der Waals surface area contributed by atoms with Crippen LogP contribution in [-0.4, -0.2) is 57.4 Å². The monoisotopic (exact) mass is 388 g/mol. The largest absolute Gasteiger partial charge is 0.507 e. The molecule has 7 nitrogen and oxygen atoms in total. The third-order valence-corrected chi connectivity index (χ3v) is 4.95. The SMILES string of the molecule is Cc1cc(Cl)cc(O)c1-c1ccc2oc(N[C@@H]3C[C@H](O)CN(C)C3)nc2n1. The molecule has 1 fully saturated rings. The molecule has 0 amide bonds. The van der Waals surface area contributed by atoms with Crippen LogP contribution in [-0.2, 0) is 0 Å². The quantitative estimate of drug-likeness (QED) is 0.634. The first kappa shape index (κ1) is 18.0. The number of piperidine rings is 1. The molecule has 0 aliphatic carbocycles. The molecular formula is C19H21ClN4O3. The number of oxazole rings is 1. The number of anilines is 1. The number of aliphatic hydroxyl groups is 1. The molecule has 3 heterocycles. The lowest BCUT2D eigenvalue weighted by molar-refractivity contribution is 0.0775. The molecule has 142 valence electrons. The lowest BCUT2D eigenvalue weighted by atomic mass is 10.0. The lowest BCUT2D eigenvalue weighted by Gasteiger charge is -2.33. The maximum absolute atomic E-state index is 10.3. The van der Waals surface area contributed by atoms with Crippen molar-refractivity contribution in [3.63, 3.8) is 0 Å². The fraction of sp³-hybridized carbons (Fsp3) is 0.368. The Morgan fingerprint density at radius 3 is 2.81 bits per heavy atom. The molecule has 0 unspecified atom stereocenters. The van der Waals surface area contributed by atoms with Crippen LogP contribution >= 0.6 is 11.6 Å². The first-order valence-corrected chi connectivity index (χ1v) is 9.17. The summed E-state index contributed by atoms with van der Waals surface area (Å²) in [6.07, 6.45) is 0.269. The summed E-state index contributed by atoms with van der Waals surface area (Å²) in [6.45, 7) is 3.33. The molecule has 0 saturated carbocycles. The van der Waals surface area contributed by atoms with Crippen molar-refractivity contribution in [3.8, 4) is 17.0 Å². The van der Waals surface area contributed by atoms with Crippen LogP contribution in [0.2, 0.25) is 5.02 Å². The number of likely N-dealkylation sites (tertiary alicyclic amines) is 1. The Labute approximate surface area is 161 Å². The predicted octanol–water partition coefficient (Wildman–Crippen LogP) is 3.03. The molecule has 2 aromatic heterocycles. The highest BCUT2D eigenvalue weighted by Crippen LogP contribution is 2.35. The predicted molar refractivity (Wildman–Crippen MR) is 104 cm³/mol. The number of aromatic hydroxyl groups is 1. The van der Waals surface area contributed by atoms with E-state index in [1.807, 2.05) is 14.0 Å². The van der Waals surface area contributed by atoms with Crippen molar-refractivity contribution in [3.05, 3.63) is 34.9 Å². The minimum Gasteiger partial charge on any atom is -0.507 e. The summed E-state index contributed by atoms with van der Waals surface area (Å²) < 4.78 is 5.74. The van der Waals surface area contributed by atoms with Gasteiger partial charge in [-0.05, 0) is 50.2 Å². The number of aromatic nitrogens is 2. The van der Waals surface area contributed by atoms with E-state index >= 15 is 0 Å². The van der Waals surface area contributed by atoms with Gasteiger partial charge in [0.2, 0.25) is 5.65 Å². The van der Waals surface area contributed by atoms with E-state index in [-0.39, 0.29) is 17.9 Å². The summed E-state index contributed by atoms with van der Waals surface area (Å²) in [5, 5.41) is 23.9. The number of phenols is 1. The van der Waals surface area contributed by atoms with Crippen LogP contribution in [0, 0.1) is 6.92 Å². The summed E-state index contributed by atoms with van der Waals surface area (Å²) in [7, 11) is 1.97. The van der Waals surface area contributed by atoms with Crippen LogP contribution in [0.15, 0.2) is 28.7 Å². The molecule has 2 atom stereocenters. The molecule has 1 aliphatic heterocycles. The number of nitrogens with one attached hydrogen (secondary N) is 1. The van der Waals surface area contributed by atoms with Gasteiger partial charge in [-0.15, -0.1) is 0 Å². The highest BCUT2D eigenvalue weighted by molar-refractivity contribution is 6.31. The van der Waals surface area contributed by atoms with Crippen LogP contribution < -0.4 is 5.32 Å². The zero-order chi connectivity index (χ0) is 19.1. The fourth-order valence-corrected chi connectivity index (χ4v) is 3.91. The van der Waals surface area contributed by atoms with Gasteiger partial charge in [-0.1, -0.05) is 11.6 Å². The van der Waals surface area contributed by atoms with Gasteiger partial charge < -0.3 is 24.8 Å². The summed E-state index contributed by atoms with van der Waals surface area (Å²) in [5.74, 6) is 0.0768. The van der Waals surface area contributed by atoms with E-state index in [1.54, 1.807) is 18.2 Å². The van der Waals surface area contributed by atoms with Gasteiger partial charge in [-0.2, -0.15) is 4.98 Å². The maximum atomic E-state index is 10.3. The molecule has 0 spiro atoms. The fourth-order valence-electron chi connectivity index (χ4n) is 3.65. The first-order valence-electron chi connectivity index (χ1n) is 8.79. The zero-order valence-electron chi connectivity index (χ0n) is 15.1. The number of rotatable bonds is 3. The number of hydrogen-bond acceptors (Lipinski definition) is 7. The molecule has 1 saturated heterocycles. The number of hydrogen-bond donors (Lipinski definition) is 3. The van der Waals surface area contributed by atoms with Gasteiger partial charge in [-0.25, -0.2) is 4.98 Å². The van der Waals surface area contributed by atoms with Gasteiger partial charge in [0.25, 0.3) is 6.01 Å². The van der Waals surface area contributed by atoms with Crippen LogP contribution in [0.25, 0.3) is 22.5 Å². The molecular weight excluding hydrogens is 368 g/mol. The van der Waals surface area contributed by atoms with Crippen molar-refractivity contribution in [1.29, 1.82) is 0 Å². The molecule has 4 rings (SSSR count). The number of halogens is 1. The summed E-state index contributed by atoms with van der Waals surface area (Å²) in [5.41, 5.74) is 3.05. The van der Waals surface area contributed by atoms with E-state index in [9.17, 15) is 10.2 Å².